The SMILES string of the molecule is CCCOc1ccc(C(=O)c2cnccc2C)cc1. The molecule has 0 fully saturated rings. The van der Waals surface area contributed by atoms with Gasteiger partial charge in [0.15, 0.2) is 5.78 Å². The van der Waals surface area contributed by atoms with Gasteiger partial charge in [0, 0.05) is 23.5 Å². The van der Waals surface area contributed by atoms with Gasteiger partial charge in [0.05, 0.1) is 6.61 Å². The van der Waals surface area contributed by atoms with Crippen LogP contribution in [0.15, 0.2) is 42.7 Å². The van der Waals surface area contributed by atoms with Crippen LogP contribution in [-0.2, 0) is 0 Å². The number of pyridine rings is 1. The van der Waals surface area contributed by atoms with E-state index in [4.69, 9.17) is 4.74 Å². The van der Waals surface area contributed by atoms with Gasteiger partial charge in [0.2, 0.25) is 0 Å². The van der Waals surface area contributed by atoms with E-state index in [-0.39, 0.29) is 5.78 Å². The zero-order chi connectivity index (χ0) is 13.7. The molecule has 0 aliphatic rings. The lowest BCUT2D eigenvalue weighted by atomic mass is 10.0. The summed E-state index contributed by atoms with van der Waals surface area (Å²) >= 11 is 0. The Hall–Kier alpha value is -2.16. The molecule has 3 heteroatoms. The summed E-state index contributed by atoms with van der Waals surface area (Å²) < 4.78 is 5.50. The van der Waals surface area contributed by atoms with Gasteiger partial charge < -0.3 is 4.74 Å². The molecule has 0 atom stereocenters. The second kappa shape index (κ2) is 6.14. The van der Waals surface area contributed by atoms with E-state index in [9.17, 15) is 4.79 Å². The van der Waals surface area contributed by atoms with Crippen molar-refractivity contribution in [1.29, 1.82) is 0 Å². The first kappa shape index (κ1) is 13.3. The normalized spacial score (nSPS) is 10.2. The van der Waals surface area contributed by atoms with Gasteiger partial charge in [-0.15, -0.1) is 0 Å². The predicted octanol–water partition coefficient (Wildman–Crippen LogP) is 3.41. The van der Waals surface area contributed by atoms with Crippen molar-refractivity contribution >= 4 is 5.78 Å². The van der Waals surface area contributed by atoms with Crippen LogP contribution in [0.1, 0.15) is 34.8 Å². The van der Waals surface area contributed by atoms with Gasteiger partial charge in [-0.25, -0.2) is 0 Å². The molecule has 0 spiro atoms. The molecule has 0 unspecified atom stereocenters. The Morgan fingerprint density at radius 3 is 2.58 bits per heavy atom. The molecule has 1 heterocycles. The van der Waals surface area contributed by atoms with E-state index in [2.05, 4.69) is 11.9 Å². The van der Waals surface area contributed by atoms with Gasteiger partial charge in [-0.1, -0.05) is 6.92 Å². The number of rotatable bonds is 5. The van der Waals surface area contributed by atoms with Crippen LogP contribution < -0.4 is 4.74 Å². The van der Waals surface area contributed by atoms with Crippen molar-refractivity contribution in [2.45, 2.75) is 20.3 Å². The maximum absolute atomic E-state index is 12.3. The number of hydrogen-bond donors (Lipinski definition) is 0. The highest BCUT2D eigenvalue weighted by molar-refractivity contribution is 6.09. The molecule has 2 aromatic rings. The standard InChI is InChI=1S/C16H17NO2/c1-3-10-19-14-6-4-13(5-7-14)16(18)15-11-17-9-8-12(15)2/h4-9,11H,3,10H2,1-2H3. The lowest BCUT2D eigenvalue weighted by Crippen LogP contribution is -2.04. The van der Waals surface area contributed by atoms with Crippen LogP contribution in [0.25, 0.3) is 0 Å². The van der Waals surface area contributed by atoms with Crippen LogP contribution in [0.5, 0.6) is 5.75 Å². The van der Waals surface area contributed by atoms with E-state index in [1.54, 1.807) is 24.5 Å². The Morgan fingerprint density at radius 1 is 1.21 bits per heavy atom. The highest BCUT2D eigenvalue weighted by atomic mass is 16.5. The molecular formula is C16H17NO2. The van der Waals surface area contributed by atoms with Crippen LogP contribution in [-0.4, -0.2) is 17.4 Å². The molecule has 0 aliphatic heterocycles. The average Bonchev–Trinajstić information content (AvgIpc) is 2.45. The summed E-state index contributed by atoms with van der Waals surface area (Å²) in [7, 11) is 0. The van der Waals surface area contributed by atoms with Gasteiger partial charge in [-0.05, 0) is 49.2 Å². The van der Waals surface area contributed by atoms with Crippen molar-refractivity contribution in [3.05, 3.63) is 59.4 Å². The number of ether oxygens (including phenoxy) is 1. The van der Waals surface area contributed by atoms with Gasteiger partial charge in [0.25, 0.3) is 0 Å². The Kier molecular flexibility index (Phi) is 4.29. The third-order valence-corrected chi connectivity index (χ3v) is 2.87. The minimum atomic E-state index is -0.00681. The van der Waals surface area contributed by atoms with Crippen molar-refractivity contribution in [2.24, 2.45) is 0 Å². The number of aromatic nitrogens is 1. The third-order valence-electron chi connectivity index (χ3n) is 2.87. The number of aryl methyl sites for hydroxylation is 1. The maximum Gasteiger partial charge on any atom is 0.194 e. The second-order valence-corrected chi connectivity index (χ2v) is 4.39. The van der Waals surface area contributed by atoms with E-state index in [1.165, 1.54) is 0 Å². The summed E-state index contributed by atoms with van der Waals surface area (Å²) in [6.07, 6.45) is 4.27. The van der Waals surface area contributed by atoms with E-state index in [0.29, 0.717) is 17.7 Å². The van der Waals surface area contributed by atoms with Crippen molar-refractivity contribution in [3.8, 4) is 5.75 Å². The Morgan fingerprint density at radius 2 is 1.95 bits per heavy atom. The molecule has 1 aromatic carbocycles. The number of nitrogens with zero attached hydrogens (tertiary/aromatic N) is 1. The Bertz CT molecular complexity index is 561. The molecule has 0 N–H and O–H groups in total. The van der Waals surface area contributed by atoms with Gasteiger partial charge >= 0.3 is 0 Å². The molecule has 1 aromatic heterocycles. The van der Waals surface area contributed by atoms with Gasteiger partial charge in [0.1, 0.15) is 5.75 Å². The Labute approximate surface area is 113 Å². The first-order valence-electron chi connectivity index (χ1n) is 6.40. The number of carbonyl (C=O) groups is 1. The molecule has 0 aliphatic carbocycles. The van der Waals surface area contributed by atoms with Crippen molar-refractivity contribution in [1.82, 2.24) is 4.98 Å². The monoisotopic (exact) mass is 255 g/mol. The lowest BCUT2D eigenvalue weighted by molar-refractivity contribution is 0.103. The van der Waals surface area contributed by atoms with Crippen LogP contribution >= 0.6 is 0 Å². The first-order valence-corrected chi connectivity index (χ1v) is 6.40. The highest BCUT2D eigenvalue weighted by Gasteiger charge is 2.11. The fourth-order valence-corrected chi connectivity index (χ4v) is 1.78. The predicted molar refractivity (Wildman–Crippen MR) is 74.6 cm³/mol. The van der Waals surface area contributed by atoms with E-state index in [1.807, 2.05) is 25.1 Å². The zero-order valence-electron chi connectivity index (χ0n) is 11.2. The molecule has 98 valence electrons. The van der Waals surface area contributed by atoms with E-state index < -0.39 is 0 Å². The van der Waals surface area contributed by atoms with Crippen LogP contribution in [0, 0.1) is 6.92 Å². The van der Waals surface area contributed by atoms with Gasteiger partial charge in [-0.3, -0.25) is 9.78 Å². The number of carbonyl (C=O) groups excluding carboxylic acids is 1. The van der Waals surface area contributed by atoms with Crippen molar-refractivity contribution < 1.29 is 9.53 Å². The highest BCUT2D eigenvalue weighted by Crippen LogP contribution is 2.17. The third kappa shape index (κ3) is 3.19. The molecule has 2 rings (SSSR count). The smallest absolute Gasteiger partial charge is 0.194 e. The minimum Gasteiger partial charge on any atom is -0.494 e. The molecule has 0 saturated carbocycles. The second-order valence-electron chi connectivity index (χ2n) is 4.39. The molecule has 3 nitrogen and oxygen atoms in total. The fourth-order valence-electron chi connectivity index (χ4n) is 1.78. The lowest BCUT2D eigenvalue weighted by Gasteiger charge is -2.06. The Balaban J connectivity index is 2.18. The van der Waals surface area contributed by atoms with Gasteiger partial charge in [-0.2, -0.15) is 0 Å². The molecule has 0 amide bonds. The summed E-state index contributed by atoms with van der Waals surface area (Å²) in [5.74, 6) is 0.786. The summed E-state index contributed by atoms with van der Waals surface area (Å²) in [6.45, 7) is 4.66. The summed E-state index contributed by atoms with van der Waals surface area (Å²) in [5, 5.41) is 0. The number of ketones is 1. The minimum absolute atomic E-state index is 0.00681. The fraction of sp³-hybridized carbons (Fsp3) is 0.250. The van der Waals surface area contributed by atoms with Crippen molar-refractivity contribution in [2.75, 3.05) is 6.61 Å². The summed E-state index contributed by atoms with van der Waals surface area (Å²) in [6, 6.07) is 9.08. The molecule has 0 radical (unpaired) electrons. The maximum atomic E-state index is 12.3. The first-order chi connectivity index (χ1) is 9.22. The molecule has 0 saturated heterocycles. The average molecular weight is 255 g/mol. The van der Waals surface area contributed by atoms with Crippen LogP contribution in [0.3, 0.4) is 0 Å². The largest absolute Gasteiger partial charge is 0.494 e. The molecule has 19 heavy (non-hydrogen) atoms. The molecule has 0 bridgehead atoms. The topological polar surface area (TPSA) is 39.2 Å². The molecular weight excluding hydrogens is 238 g/mol. The van der Waals surface area contributed by atoms with Crippen molar-refractivity contribution in [3.63, 3.8) is 0 Å². The summed E-state index contributed by atoms with van der Waals surface area (Å²) in [5.41, 5.74) is 2.23. The van der Waals surface area contributed by atoms with Crippen LogP contribution in [0.2, 0.25) is 0 Å². The quantitative estimate of drug-likeness (QED) is 0.768. The number of benzene rings is 1. The van der Waals surface area contributed by atoms with Crippen LogP contribution in [0.4, 0.5) is 0 Å². The van der Waals surface area contributed by atoms with E-state index >= 15 is 0 Å². The number of hydrogen-bond acceptors (Lipinski definition) is 3. The summed E-state index contributed by atoms with van der Waals surface area (Å²) in [4.78, 5) is 16.3. The van der Waals surface area contributed by atoms with E-state index in [0.717, 1.165) is 17.7 Å². The zero-order valence-corrected chi connectivity index (χ0v) is 11.2.